The van der Waals surface area contributed by atoms with E-state index in [1.165, 1.54) is 32.5 Å². The zero-order chi connectivity index (χ0) is 13.6. The topological polar surface area (TPSA) is 15.3 Å². The highest BCUT2D eigenvalue weighted by atomic mass is 15.1. The van der Waals surface area contributed by atoms with Gasteiger partial charge in [-0.3, -0.25) is 0 Å². The van der Waals surface area contributed by atoms with E-state index < -0.39 is 0 Å². The summed E-state index contributed by atoms with van der Waals surface area (Å²) in [6, 6.07) is 1.35. The average molecular weight is 252 g/mol. The van der Waals surface area contributed by atoms with Crippen LogP contribution in [0.5, 0.6) is 0 Å². The lowest BCUT2D eigenvalue weighted by atomic mass is 9.91. The van der Waals surface area contributed by atoms with Crippen LogP contribution < -0.4 is 5.32 Å². The van der Waals surface area contributed by atoms with E-state index in [9.17, 15) is 0 Å². The van der Waals surface area contributed by atoms with Crippen molar-refractivity contribution < 1.29 is 0 Å². The van der Waals surface area contributed by atoms with Crippen molar-refractivity contribution in [3.05, 3.63) is 0 Å². The zero-order valence-corrected chi connectivity index (χ0v) is 13.2. The summed E-state index contributed by atoms with van der Waals surface area (Å²) < 4.78 is 0. The van der Waals surface area contributed by atoms with E-state index in [-0.39, 0.29) is 0 Å². The van der Waals surface area contributed by atoms with Crippen molar-refractivity contribution >= 4 is 0 Å². The lowest BCUT2D eigenvalue weighted by Gasteiger charge is -2.36. The summed E-state index contributed by atoms with van der Waals surface area (Å²) in [5.41, 5.74) is 0.917. The standard InChI is InChI=1S/C16H32N2/c1-7-18-10-8-9-13(11-18)12(2)17-14-15(3,4)16(14,5)6/h12-14,17H,7-11H2,1-6H3. The van der Waals surface area contributed by atoms with Crippen LogP contribution in [0.4, 0.5) is 0 Å². The molecule has 1 N–H and O–H groups in total. The number of nitrogens with zero attached hydrogens (tertiary/aromatic N) is 1. The summed E-state index contributed by atoms with van der Waals surface area (Å²) in [7, 11) is 0. The normalized spacial score (nSPS) is 33.3. The molecule has 1 saturated heterocycles. The van der Waals surface area contributed by atoms with Crippen molar-refractivity contribution in [2.45, 2.75) is 66.5 Å². The Morgan fingerprint density at radius 1 is 1.22 bits per heavy atom. The van der Waals surface area contributed by atoms with E-state index in [2.05, 4.69) is 51.8 Å². The van der Waals surface area contributed by atoms with Crippen molar-refractivity contribution in [2.24, 2.45) is 16.7 Å². The molecule has 2 heteroatoms. The van der Waals surface area contributed by atoms with Crippen LogP contribution in [0.3, 0.4) is 0 Å². The van der Waals surface area contributed by atoms with E-state index in [1.807, 2.05) is 0 Å². The second-order valence-corrected chi connectivity index (χ2v) is 7.63. The Balaban J connectivity index is 1.87. The summed E-state index contributed by atoms with van der Waals surface area (Å²) >= 11 is 0. The van der Waals surface area contributed by atoms with E-state index in [4.69, 9.17) is 0 Å². The highest BCUT2D eigenvalue weighted by Gasteiger charge is 2.64. The zero-order valence-electron chi connectivity index (χ0n) is 13.2. The first-order valence-corrected chi connectivity index (χ1v) is 7.79. The van der Waals surface area contributed by atoms with Crippen LogP contribution in [0.15, 0.2) is 0 Å². The molecule has 2 unspecified atom stereocenters. The quantitative estimate of drug-likeness (QED) is 0.827. The number of nitrogens with one attached hydrogen (secondary N) is 1. The lowest BCUT2D eigenvalue weighted by Crippen LogP contribution is -2.45. The fraction of sp³-hybridized carbons (Fsp3) is 1.00. The van der Waals surface area contributed by atoms with Gasteiger partial charge in [-0.1, -0.05) is 34.6 Å². The van der Waals surface area contributed by atoms with Crippen LogP contribution in [0, 0.1) is 16.7 Å². The molecule has 2 rings (SSSR count). The van der Waals surface area contributed by atoms with Gasteiger partial charge in [-0.15, -0.1) is 0 Å². The van der Waals surface area contributed by atoms with Crippen molar-refractivity contribution in [3.8, 4) is 0 Å². The Labute approximate surface area is 114 Å². The van der Waals surface area contributed by atoms with Gasteiger partial charge >= 0.3 is 0 Å². The molecule has 18 heavy (non-hydrogen) atoms. The third-order valence-corrected chi connectivity index (χ3v) is 6.15. The van der Waals surface area contributed by atoms with Gasteiger partial charge in [0.25, 0.3) is 0 Å². The highest BCUT2D eigenvalue weighted by Crippen LogP contribution is 2.62. The minimum atomic E-state index is 0.459. The molecule has 0 amide bonds. The van der Waals surface area contributed by atoms with Crippen LogP contribution in [0.1, 0.15) is 54.4 Å². The molecule has 1 aliphatic carbocycles. The minimum Gasteiger partial charge on any atom is -0.310 e. The first-order valence-electron chi connectivity index (χ1n) is 7.79. The Morgan fingerprint density at radius 3 is 2.33 bits per heavy atom. The SMILES string of the molecule is CCN1CCCC(C(C)NC2C(C)(C)C2(C)C)C1. The fourth-order valence-corrected chi connectivity index (χ4v) is 3.80. The van der Waals surface area contributed by atoms with Crippen LogP contribution >= 0.6 is 0 Å². The van der Waals surface area contributed by atoms with Gasteiger partial charge in [-0.2, -0.15) is 0 Å². The maximum absolute atomic E-state index is 3.92. The molecular weight excluding hydrogens is 220 g/mol. The average Bonchev–Trinajstić information content (AvgIpc) is 2.71. The summed E-state index contributed by atoms with van der Waals surface area (Å²) in [6.45, 7) is 18.1. The molecule has 0 spiro atoms. The maximum atomic E-state index is 3.92. The summed E-state index contributed by atoms with van der Waals surface area (Å²) in [4.78, 5) is 2.61. The molecule has 2 aliphatic rings. The maximum Gasteiger partial charge on any atom is 0.0183 e. The van der Waals surface area contributed by atoms with Gasteiger partial charge in [0.1, 0.15) is 0 Å². The molecular formula is C16H32N2. The van der Waals surface area contributed by atoms with Gasteiger partial charge in [0.2, 0.25) is 0 Å². The molecule has 2 fully saturated rings. The Hall–Kier alpha value is -0.0800. The first-order chi connectivity index (χ1) is 8.30. The molecule has 0 aromatic carbocycles. The smallest absolute Gasteiger partial charge is 0.0183 e. The van der Waals surface area contributed by atoms with Crippen molar-refractivity contribution in [1.82, 2.24) is 10.2 Å². The van der Waals surface area contributed by atoms with E-state index in [0.717, 1.165) is 5.92 Å². The Kier molecular flexibility index (Phi) is 3.81. The molecule has 0 bridgehead atoms. The molecule has 2 nitrogen and oxygen atoms in total. The second kappa shape index (κ2) is 4.79. The summed E-state index contributed by atoms with van der Waals surface area (Å²) in [5, 5.41) is 3.92. The van der Waals surface area contributed by atoms with Crippen LogP contribution in [-0.2, 0) is 0 Å². The molecule has 106 valence electrons. The predicted octanol–water partition coefficient (Wildman–Crippen LogP) is 3.13. The van der Waals surface area contributed by atoms with Gasteiger partial charge in [-0.25, -0.2) is 0 Å². The van der Waals surface area contributed by atoms with Crippen LogP contribution in [-0.4, -0.2) is 36.6 Å². The fourth-order valence-electron chi connectivity index (χ4n) is 3.80. The van der Waals surface area contributed by atoms with Gasteiger partial charge < -0.3 is 10.2 Å². The Morgan fingerprint density at radius 2 is 1.83 bits per heavy atom. The molecule has 1 saturated carbocycles. The lowest BCUT2D eigenvalue weighted by molar-refractivity contribution is 0.154. The van der Waals surface area contributed by atoms with Crippen molar-refractivity contribution in [2.75, 3.05) is 19.6 Å². The third-order valence-electron chi connectivity index (χ3n) is 6.15. The number of piperidine rings is 1. The molecule has 1 aliphatic heterocycles. The van der Waals surface area contributed by atoms with E-state index in [0.29, 0.717) is 22.9 Å². The molecule has 2 atom stereocenters. The van der Waals surface area contributed by atoms with E-state index >= 15 is 0 Å². The number of likely N-dealkylation sites (tertiary alicyclic amines) is 1. The van der Waals surface area contributed by atoms with Gasteiger partial charge in [0, 0.05) is 18.6 Å². The second-order valence-electron chi connectivity index (χ2n) is 7.63. The number of rotatable bonds is 4. The van der Waals surface area contributed by atoms with Crippen LogP contribution in [0.2, 0.25) is 0 Å². The van der Waals surface area contributed by atoms with Crippen LogP contribution in [0.25, 0.3) is 0 Å². The molecule has 0 radical (unpaired) electrons. The van der Waals surface area contributed by atoms with E-state index in [1.54, 1.807) is 0 Å². The molecule has 0 aromatic heterocycles. The molecule has 1 heterocycles. The monoisotopic (exact) mass is 252 g/mol. The summed E-state index contributed by atoms with van der Waals surface area (Å²) in [5.74, 6) is 0.839. The first kappa shape index (κ1) is 14.3. The molecule has 0 aromatic rings. The number of hydrogen-bond acceptors (Lipinski definition) is 2. The van der Waals surface area contributed by atoms with Crippen molar-refractivity contribution in [3.63, 3.8) is 0 Å². The predicted molar refractivity (Wildman–Crippen MR) is 78.8 cm³/mol. The highest BCUT2D eigenvalue weighted by molar-refractivity contribution is 5.18. The number of hydrogen-bond donors (Lipinski definition) is 1. The largest absolute Gasteiger partial charge is 0.310 e. The van der Waals surface area contributed by atoms with Gasteiger partial charge in [0.15, 0.2) is 0 Å². The third kappa shape index (κ3) is 2.34. The van der Waals surface area contributed by atoms with Crippen molar-refractivity contribution in [1.29, 1.82) is 0 Å². The summed E-state index contributed by atoms with van der Waals surface area (Å²) in [6.07, 6.45) is 2.78. The Bertz CT molecular complexity index is 281. The van der Waals surface area contributed by atoms with Gasteiger partial charge in [0.05, 0.1) is 0 Å². The van der Waals surface area contributed by atoms with Gasteiger partial charge in [-0.05, 0) is 49.6 Å². The minimum absolute atomic E-state index is 0.459.